The van der Waals surface area contributed by atoms with E-state index in [-0.39, 0.29) is 0 Å². The fourth-order valence-electron chi connectivity index (χ4n) is 19.6. The number of nitrogens with zero attached hydrogens (tertiary/aromatic N) is 4. The van der Waals surface area contributed by atoms with E-state index in [0.717, 1.165) is 72.8 Å². The monoisotopic (exact) mass is 1300 g/mol. The minimum Gasteiger partial charge on any atom is -0.327 e. The molecule has 4 aliphatic carbocycles. The highest BCUT2D eigenvalue weighted by Crippen LogP contribution is 2.68. The molecule has 2 spiro atoms. The van der Waals surface area contributed by atoms with E-state index in [1.807, 2.05) is 0 Å². The van der Waals surface area contributed by atoms with Gasteiger partial charge in [0.05, 0.1) is 32.9 Å². The summed E-state index contributed by atoms with van der Waals surface area (Å²) in [7, 11) is 2.17. The molecule has 476 valence electrons. The van der Waals surface area contributed by atoms with Gasteiger partial charge in [0.25, 0.3) is 0 Å². The molecule has 103 heavy (non-hydrogen) atoms. The van der Waals surface area contributed by atoms with Crippen molar-refractivity contribution >= 4 is 65.2 Å². The van der Waals surface area contributed by atoms with Crippen molar-refractivity contribution in [3.8, 4) is 106 Å². The van der Waals surface area contributed by atoms with E-state index >= 15 is 0 Å². The molecule has 4 heteroatoms. The van der Waals surface area contributed by atoms with Crippen LogP contribution in [0.1, 0.15) is 44.5 Å². The molecule has 19 aromatic rings. The fourth-order valence-corrected chi connectivity index (χ4v) is 19.6. The van der Waals surface area contributed by atoms with Crippen LogP contribution >= 0.6 is 0 Å². The summed E-state index contributed by atoms with van der Waals surface area (Å²) in [4.78, 5) is 11.1. The molecule has 0 N–H and O–H groups in total. The van der Waals surface area contributed by atoms with E-state index in [9.17, 15) is 0 Å². The van der Waals surface area contributed by atoms with E-state index in [1.165, 1.54) is 143 Å². The van der Waals surface area contributed by atoms with Crippen molar-refractivity contribution < 1.29 is 0 Å². The van der Waals surface area contributed by atoms with E-state index in [2.05, 4.69) is 362 Å². The highest BCUT2D eigenvalue weighted by atomic mass is 15.1. The minimum absolute atomic E-state index is 0.509. The van der Waals surface area contributed by atoms with Crippen molar-refractivity contribution in [3.63, 3.8) is 0 Å². The molecule has 2 aromatic heterocycles. The Balaban J connectivity index is 0.661. The first kappa shape index (κ1) is 56.6. The van der Waals surface area contributed by atoms with Crippen molar-refractivity contribution in [1.29, 1.82) is 0 Å². The Labute approximate surface area is 595 Å². The van der Waals surface area contributed by atoms with Crippen LogP contribution in [0.5, 0.6) is 0 Å². The summed E-state index contributed by atoms with van der Waals surface area (Å²) in [5.74, 6) is 1.85. The topological polar surface area (TPSA) is 35.6 Å². The van der Waals surface area contributed by atoms with Gasteiger partial charge in [-0.1, -0.05) is 285 Å². The first-order valence-electron chi connectivity index (χ1n) is 35.8. The van der Waals surface area contributed by atoms with Gasteiger partial charge in [-0.3, -0.25) is 4.57 Å². The van der Waals surface area contributed by atoms with Crippen LogP contribution in [0.3, 0.4) is 0 Å². The summed E-state index contributed by atoms with van der Waals surface area (Å²) in [6, 6.07) is 130. The van der Waals surface area contributed by atoms with E-state index < -0.39 is 10.8 Å². The normalized spacial score (nSPS) is 13.6. The number of aromatic nitrogens is 4. The van der Waals surface area contributed by atoms with E-state index in [4.69, 9.17) is 9.97 Å². The van der Waals surface area contributed by atoms with Crippen LogP contribution in [0.15, 0.2) is 346 Å². The predicted molar refractivity (Wildman–Crippen MR) is 425 cm³/mol. The van der Waals surface area contributed by atoms with Gasteiger partial charge in [-0.2, -0.15) is 0 Å². The Morgan fingerprint density at radius 3 is 1.23 bits per heavy atom. The van der Waals surface area contributed by atoms with Crippen molar-refractivity contribution in [2.24, 2.45) is 7.05 Å². The molecule has 23 rings (SSSR count). The van der Waals surface area contributed by atoms with Gasteiger partial charge in [-0.25, -0.2) is 9.97 Å². The van der Waals surface area contributed by atoms with E-state index in [0.29, 0.717) is 0 Å². The number of aryl methyl sites for hydroxylation is 1. The van der Waals surface area contributed by atoms with E-state index in [1.54, 1.807) is 0 Å². The third-order valence-corrected chi connectivity index (χ3v) is 23.7. The first-order chi connectivity index (χ1) is 51.0. The number of benzene rings is 17. The van der Waals surface area contributed by atoms with Crippen LogP contribution in [-0.2, 0) is 17.9 Å². The molecule has 2 heterocycles. The van der Waals surface area contributed by atoms with Crippen molar-refractivity contribution in [2.45, 2.75) is 10.8 Å². The summed E-state index contributed by atoms with van der Waals surface area (Å²) < 4.78 is 4.57. The Morgan fingerprint density at radius 2 is 0.650 bits per heavy atom. The highest BCUT2D eigenvalue weighted by Gasteiger charge is 2.54. The summed E-state index contributed by atoms with van der Waals surface area (Å²) >= 11 is 0. The van der Waals surface area contributed by atoms with Crippen molar-refractivity contribution in [2.75, 3.05) is 0 Å². The van der Waals surface area contributed by atoms with Crippen LogP contribution in [0.25, 0.3) is 172 Å². The van der Waals surface area contributed by atoms with Gasteiger partial charge in [0.15, 0.2) is 0 Å². The molecule has 4 nitrogen and oxygen atoms in total. The van der Waals surface area contributed by atoms with Gasteiger partial charge in [0, 0.05) is 23.9 Å². The third-order valence-electron chi connectivity index (χ3n) is 23.7. The zero-order valence-electron chi connectivity index (χ0n) is 56.2. The van der Waals surface area contributed by atoms with Crippen LogP contribution in [0, 0.1) is 0 Å². The standard InChI is InChI=1S/C99H60N4/c1-102-90-51-46-64(78-57-86-94(76-37-12-10-31-70(76)78)92-68-30-9-8-23-59(68)44-49-84(92)98(86)80-39-18-14-33-72(80)73-34-15-19-40-81(73)98)55-88(90)100-96(102)66-27-22-26-61(54-66)62-43-48-69-63(53-62)45-50-85-93(69)95-77-38-13-11-32-71(77)79(58-87(95)99(85)82-41-20-16-35-74(82)75-36-17-21-42-83(75)99)65-47-52-91-89(56-65)101-97(60-24-4-2-5-25-60)103(91)67-28-6-3-7-29-67/h2-58H,1H3. The van der Waals surface area contributed by atoms with Crippen molar-refractivity contribution in [1.82, 2.24) is 19.1 Å². The van der Waals surface area contributed by atoms with Gasteiger partial charge in [-0.05, 0) is 226 Å². The molecule has 0 fully saturated rings. The number of para-hydroxylation sites is 1. The number of hydrogen-bond donors (Lipinski definition) is 0. The second-order valence-corrected chi connectivity index (χ2v) is 28.6. The maximum absolute atomic E-state index is 5.58. The first-order valence-corrected chi connectivity index (χ1v) is 35.8. The fraction of sp³-hybridized carbons (Fsp3) is 0.0303. The molecule has 0 unspecified atom stereocenters. The van der Waals surface area contributed by atoms with Crippen LogP contribution in [0.4, 0.5) is 0 Å². The van der Waals surface area contributed by atoms with Crippen LogP contribution < -0.4 is 0 Å². The van der Waals surface area contributed by atoms with Gasteiger partial charge >= 0.3 is 0 Å². The minimum atomic E-state index is -0.584. The average molecular weight is 1310 g/mol. The molecule has 0 saturated carbocycles. The molecular formula is C99H60N4. The second kappa shape index (κ2) is 20.9. The molecule has 4 aliphatic rings. The molecule has 0 atom stereocenters. The highest BCUT2D eigenvalue weighted by molar-refractivity contribution is 6.19. The largest absolute Gasteiger partial charge is 0.327 e. The van der Waals surface area contributed by atoms with Gasteiger partial charge in [-0.15, -0.1) is 0 Å². The van der Waals surface area contributed by atoms with Gasteiger partial charge in [0.2, 0.25) is 0 Å². The lowest BCUT2D eigenvalue weighted by Crippen LogP contribution is -2.26. The maximum atomic E-state index is 5.58. The molecule has 17 aromatic carbocycles. The smallest absolute Gasteiger partial charge is 0.145 e. The Hall–Kier alpha value is -13.3. The quantitative estimate of drug-likeness (QED) is 0.166. The summed E-state index contributed by atoms with van der Waals surface area (Å²) in [5, 5.41) is 9.93. The molecule has 0 radical (unpaired) electrons. The van der Waals surface area contributed by atoms with Gasteiger partial charge in [0.1, 0.15) is 11.6 Å². The lowest BCUT2D eigenvalue weighted by molar-refractivity contribution is 0.795. The summed E-state index contributed by atoms with van der Waals surface area (Å²) in [6.07, 6.45) is 0. The predicted octanol–water partition coefficient (Wildman–Crippen LogP) is 24.5. The second-order valence-electron chi connectivity index (χ2n) is 28.6. The SMILES string of the molecule is Cn1c(-c2cccc(-c3ccc4c5c(ccc4c3)C3(c4ccccc4-c4ccccc43)c3cc(-c4ccc6c(c4)nc(-c4ccccc4)n6-c4ccccc4)c4ccccc4c3-5)c2)nc2cc(-c3cc4c(c5ccccc35)-c3c(ccc5ccccc35)C43c4ccccc4-c4ccccc43)ccc21. The third kappa shape index (κ3) is 7.48. The molecule has 0 amide bonds. The Morgan fingerprint density at radius 1 is 0.233 bits per heavy atom. The molecular weight excluding hydrogens is 1250 g/mol. The number of fused-ring (bicyclic) bond motifs is 30. The maximum Gasteiger partial charge on any atom is 0.145 e. The van der Waals surface area contributed by atoms with Crippen molar-refractivity contribution in [3.05, 3.63) is 390 Å². The number of rotatable bonds is 6. The average Bonchev–Trinajstić information content (AvgIpc) is 1.50. The molecule has 0 saturated heterocycles. The lowest BCUT2D eigenvalue weighted by atomic mass is 9.70. The molecule has 0 aliphatic heterocycles. The van der Waals surface area contributed by atoms with Gasteiger partial charge < -0.3 is 4.57 Å². The summed E-state index contributed by atoms with van der Waals surface area (Å²) in [5.41, 5.74) is 34.2. The van der Waals surface area contributed by atoms with Crippen LogP contribution in [-0.4, -0.2) is 19.1 Å². The lowest BCUT2D eigenvalue weighted by Gasteiger charge is -2.31. The van der Waals surface area contributed by atoms with Crippen LogP contribution in [0.2, 0.25) is 0 Å². The molecule has 0 bridgehead atoms. The Kier molecular flexibility index (Phi) is 11.5. The number of imidazole rings is 2. The number of hydrogen-bond acceptors (Lipinski definition) is 2. The summed E-state index contributed by atoms with van der Waals surface area (Å²) in [6.45, 7) is 0. The Bertz CT molecular complexity index is 6850. The zero-order chi connectivity index (χ0) is 67.4. The zero-order valence-corrected chi connectivity index (χ0v) is 56.2.